The van der Waals surface area contributed by atoms with E-state index in [0.29, 0.717) is 19.4 Å². The van der Waals surface area contributed by atoms with Crippen LogP contribution in [0.3, 0.4) is 0 Å². The van der Waals surface area contributed by atoms with Crippen LogP contribution in [0.15, 0.2) is 0 Å². The summed E-state index contributed by atoms with van der Waals surface area (Å²) >= 11 is 0. The molecule has 0 heterocycles. The second-order valence-electron chi connectivity index (χ2n) is 4.51. The fourth-order valence-corrected chi connectivity index (χ4v) is 1.99. The third kappa shape index (κ3) is 5.71. The van der Waals surface area contributed by atoms with E-state index in [1.54, 1.807) is 27.8 Å². The molecule has 0 radical (unpaired) electrons. The zero-order valence-electron chi connectivity index (χ0n) is 11.5. The molecule has 0 aliphatic carbocycles. The molecule has 1 amide bonds. The first kappa shape index (κ1) is 17.2. The number of rotatable bonds is 7. The Morgan fingerprint density at radius 1 is 1.28 bits per heavy atom. The average molecular weight is 268 g/mol. The molecule has 108 valence electrons. The summed E-state index contributed by atoms with van der Waals surface area (Å²) in [6.07, 6.45) is -3.28. The molecule has 0 saturated carbocycles. The summed E-state index contributed by atoms with van der Waals surface area (Å²) in [5.41, 5.74) is 0. The Labute approximate surface area is 107 Å². The van der Waals surface area contributed by atoms with Gasteiger partial charge in [-0.1, -0.05) is 20.8 Å². The summed E-state index contributed by atoms with van der Waals surface area (Å²) in [7, 11) is 1.68. The minimum Gasteiger partial charge on any atom is -0.330 e. The van der Waals surface area contributed by atoms with Crippen LogP contribution in [0.1, 0.15) is 33.6 Å². The third-order valence-corrected chi connectivity index (χ3v) is 2.95. The highest BCUT2D eigenvalue weighted by atomic mass is 19.4. The van der Waals surface area contributed by atoms with Crippen molar-refractivity contribution in [1.29, 1.82) is 0 Å². The molecule has 1 unspecified atom stereocenters. The van der Waals surface area contributed by atoms with Crippen LogP contribution in [0.2, 0.25) is 0 Å². The molecule has 0 aliphatic rings. The first-order chi connectivity index (χ1) is 8.26. The van der Waals surface area contributed by atoms with E-state index in [-0.39, 0.29) is 6.04 Å². The predicted molar refractivity (Wildman–Crippen MR) is 65.2 cm³/mol. The van der Waals surface area contributed by atoms with E-state index in [1.165, 1.54) is 0 Å². The maximum Gasteiger partial charge on any atom is 0.406 e. The van der Waals surface area contributed by atoms with E-state index in [9.17, 15) is 18.0 Å². The molecule has 0 bridgehead atoms. The second-order valence-corrected chi connectivity index (χ2v) is 4.51. The van der Waals surface area contributed by atoms with Gasteiger partial charge in [-0.05, 0) is 19.9 Å². The van der Waals surface area contributed by atoms with Crippen LogP contribution in [-0.2, 0) is 4.79 Å². The molecular formula is C12H23F3N2O. The van der Waals surface area contributed by atoms with Gasteiger partial charge in [0.25, 0.3) is 0 Å². The number of nitrogens with zero attached hydrogens (tertiary/aromatic N) is 1. The number of hydrogen-bond donors (Lipinski definition) is 1. The maximum absolute atomic E-state index is 12.5. The second kappa shape index (κ2) is 7.61. The van der Waals surface area contributed by atoms with Gasteiger partial charge < -0.3 is 10.2 Å². The van der Waals surface area contributed by atoms with Crippen LogP contribution in [-0.4, -0.2) is 43.2 Å². The van der Waals surface area contributed by atoms with Crippen molar-refractivity contribution in [3.05, 3.63) is 0 Å². The lowest BCUT2D eigenvalue weighted by atomic mass is 10.1. The van der Waals surface area contributed by atoms with Crippen molar-refractivity contribution in [1.82, 2.24) is 10.2 Å². The quantitative estimate of drug-likeness (QED) is 0.769. The van der Waals surface area contributed by atoms with E-state index >= 15 is 0 Å². The molecule has 0 aromatic carbocycles. The van der Waals surface area contributed by atoms with E-state index in [4.69, 9.17) is 0 Å². The molecule has 3 nitrogen and oxygen atoms in total. The van der Waals surface area contributed by atoms with Crippen LogP contribution in [0.4, 0.5) is 13.2 Å². The van der Waals surface area contributed by atoms with Gasteiger partial charge in [-0.3, -0.25) is 4.79 Å². The van der Waals surface area contributed by atoms with Gasteiger partial charge in [0, 0.05) is 18.5 Å². The summed E-state index contributed by atoms with van der Waals surface area (Å²) in [6.45, 7) is 4.46. The highest BCUT2D eigenvalue weighted by Crippen LogP contribution is 2.22. The van der Waals surface area contributed by atoms with Crippen molar-refractivity contribution in [3.63, 3.8) is 0 Å². The van der Waals surface area contributed by atoms with E-state index in [1.807, 2.05) is 0 Å². The summed E-state index contributed by atoms with van der Waals surface area (Å²) < 4.78 is 37.6. The van der Waals surface area contributed by atoms with Gasteiger partial charge in [-0.2, -0.15) is 13.2 Å². The maximum atomic E-state index is 12.5. The minimum absolute atomic E-state index is 0.349. The molecule has 18 heavy (non-hydrogen) atoms. The predicted octanol–water partition coefficient (Wildman–Crippen LogP) is 2.42. The molecule has 0 aromatic heterocycles. The van der Waals surface area contributed by atoms with Gasteiger partial charge in [0.1, 0.15) is 6.54 Å². The number of halogens is 3. The average Bonchev–Trinajstić information content (AvgIpc) is 2.27. The Bertz CT molecular complexity index is 252. The number of carbonyl (C=O) groups is 1. The molecule has 0 aliphatic heterocycles. The Morgan fingerprint density at radius 3 is 2.11 bits per heavy atom. The van der Waals surface area contributed by atoms with Gasteiger partial charge in [-0.15, -0.1) is 0 Å². The Balaban J connectivity index is 4.90. The molecule has 0 aromatic rings. The van der Waals surface area contributed by atoms with Crippen LogP contribution in [0, 0.1) is 5.92 Å². The normalized spacial score (nSPS) is 13.8. The minimum atomic E-state index is -4.35. The fourth-order valence-electron chi connectivity index (χ4n) is 1.99. The Morgan fingerprint density at radius 2 is 1.78 bits per heavy atom. The Hall–Kier alpha value is -0.780. The monoisotopic (exact) mass is 268 g/mol. The lowest BCUT2D eigenvalue weighted by Crippen LogP contribution is -2.48. The van der Waals surface area contributed by atoms with Gasteiger partial charge >= 0.3 is 6.18 Å². The first-order valence-corrected chi connectivity index (χ1v) is 6.28. The summed E-state index contributed by atoms with van der Waals surface area (Å²) in [6, 6.07) is -0.349. The molecule has 6 heteroatoms. The SMILES string of the molecule is CCC(CC)N(CC(F)(F)F)C(=O)C(C)CNC. The van der Waals surface area contributed by atoms with Crippen molar-refractivity contribution in [2.45, 2.75) is 45.8 Å². The number of amides is 1. The van der Waals surface area contributed by atoms with Crippen molar-refractivity contribution in [2.24, 2.45) is 5.92 Å². The molecule has 0 fully saturated rings. The smallest absolute Gasteiger partial charge is 0.330 e. The first-order valence-electron chi connectivity index (χ1n) is 6.28. The number of hydrogen-bond acceptors (Lipinski definition) is 2. The van der Waals surface area contributed by atoms with E-state index in [0.717, 1.165) is 4.90 Å². The number of alkyl halides is 3. The molecule has 0 rings (SSSR count). The van der Waals surface area contributed by atoms with Crippen molar-refractivity contribution < 1.29 is 18.0 Å². The Kier molecular flexibility index (Phi) is 7.28. The summed E-state index contributed by atoms with van der Waals surface area (Å²) in [5.74, 6) is -0.881. The van der Waals surface area contributed by atoms with Gasteiger partial charge in [0.2, 0.25) is 5.91 Å². The van der Waals surface area contributed by atoms with Crippen molar-refractivity contribution in [3.8, 4) is 0 Å². The molecular weight excluding hydrogens is 245 g/mol. The summed E-state index contributed by atoms with van der Waals surface area (Å²) in [5, 5.41) is 2.81. The van der Waals surface area contributed by atoms with Crippen molar-refractivity contribution in [2.75, 3.05) is 20.1 Å². The highest BCUT2D eigenvalue weighted by Gasteiger charge is 2.36. The molecule has 1 N–H and O–H groups in total. The third-order valence-electron chi connectivity index (χ3n) is 2.95. The van der Waals surface area contributed by atoms with Gasteiger partial charge in [0.05, 0.1) is 0 Å². The van der Waals surface area contributed by atoms with Crippen LogP contribution >= 0.6 is 0 Å². The molecule has 0 spiro atoms. The van der Waals surface area contributed by atoms with Crippen LogP contribution < -0.4 is 5.32 Å². The lowest BCUT2D eigenvalue weighted by molar-refractivity contribution is -0.168. The number of nitrogens with one attached hydrogen (secondary N) is 1. The zero-order chi connectivity index (χ0) is 14.3. The fraction of sp³-hybridized carbons (Fsp3) is 0.917. The van der Waals surface area contributed by atoms with Crippen LogP contribution in [0.25, 0.3) is 0 Å². The summed E-state index contributed by atoms with van der Waals surface area (Å²) in [4.78, 5) is 13.0. The lowest BCUT2D eigenvalue weighted by Gasteiger charge is -2.33. The van der Waals surface area contributed by atoms with E-state index < -0.39 is 24.5 Å². The standard InChI is InChI=1S/C12H23F3N2O/c1-5-10(6-2)17(8-12(13,14)15)11(18)9(3)7-16-4/h9-10,16H,5-8H2,1-4H3. The largest absolute Gasteiger partial charge is 0.406 e. The topological polar surface area (TPSA) is 32.3 Å². The van der Waals surface area contributed by atoms with E-state index in [2.05, 4.69) is 5.32 Å². The molecule has 1 atom stereocenters. The number of carbonyl (C=O) groups excluding carboxylic acids is 1. The van der Waals surface area contributed by atoms with Crippen LogP contribution in [0.5, 0.6) is 0 Å². The van der Waals surface area contributed by atoms with Crippen molar-refractivity contribution >= 4 is 5.91 Å². The molecule has 0 saturated heterocycles. The zero-order valence-corrected chi connectivity index (χ0v) is 11.5. The highest BCUT2D eigenvalue weighted by molar-refractivity contribution is 5.79. The van der Waals surface area contributed by atoms with Gasteiger partial charge in [0.15, 0.2) is 0 Å². The van der Waals surface area contributed by atoms with Gasteiger partial charge in [-0.25, -0.2) is 0 Å².